The maximum absolute atomic E-state index is 11.8. The number of hydrogen-bond acceptors (Lipinski definition) is 3. The zero-order chi connectivity index (χ0) is 10.2. The first kappa shape index (κ1) is 9.22. The third-order valence-electron chi connectivity index (χ3n) is 2.37. The monoisotopic (exact) mass is 207 g/mol. The fourth-order valence-corrected chi connectivity index (χ4v) is 3.28. The van der Waals surface area contributed by atoms with E-state index in [4.69, 9.17) is 5.26 Å². The van der Waals surface area contributed by atoms with Crippen LogP contribution < -0.4 is 0 Å². The molecule has 72 valence electrons. The van der Waals surface area contributed by atoms with Crippen molar-refractivity contribution in [2.24, 2.45) is 5.92 Å². The molecule has 0 heterocycles. The van der Waals surface area contributed by atoms with Crippen molar-refractivity contribution < 1.29 is 8.42 Å². The van der Waals surface area contributed by atoms with E-state index in [9.17, 15) is 8.42 Å². The van der Waals surface area contributed by atoms with Crippen molar-refractivity contribution >= 4 is 9.84 Å². The summed E-state index contributed by atoms with van der Waals surface area (Å²) in [6.45, 7) is 0. The smallest absolute Gasteiger partial charge is 0.182 e. The average molecular weight is 207 g/mol. The number of nitriles is 1. The number of benzene rings is 1. The molecule has 1 aromatic rings. The Labute approximate surface area is 82.9 Å². The van der Waals surface area contributed by atoms with Crippen LogP contribution in [0.15, 0.2) is 35.2 Å². The molecule has 14 heavy (non-hydrogen) atoms. The Bertz CT molecular complexity index is 473. The van der Waals surface area contributed by atoms with E-state index in [0.29, 0.717) is 11.3 Å². The lowest BCUT2D eigenvalue weighted by Gasteiger charge is -2.00. The largest absolute Gasteiger partial charge is 0.223 e. The highest BCUT2D eigenvalue weighted by Gasteiger charge is 2.48. The Kier molecular flexibility index (Phi) is 2.05. The minimum Gasteiger partial charge on any atom is -0.223 e. The minimum absolute atomic E-state index is 0.305. The maximum atomic E-state index is 11.8. The molecule has 1 aliphatic rings. The number of nitrogens with zero attached hydrogens (tertiary/aromatic N) is 1. The second-order valence-electron chi connectivity index (χ2n) is 3.37. The third kappa shape index (κ3) is 1.40. The molecule has 0 aromatic heterocycles. The first-order valence-corrected chi connectivity index (χ1v) is 5.89. The molecule has 2 rings (SSSR count). The molecule has 0 radical (unpaired) electrons. The van der Waals surface area contributed by atoms with Crippen molar-refractivity contribution in [1.29, 1.82) is 5.26 Å². The highest BCUT2D eigenvalue weighted by molar-refractivity contribution is 7.92. The lowest BCUT2D eigenvalue weighted by molar-refractivity contribution is 0.594. The quantitative estimate of drug-likeness (QED) is 0.736. The van der Waals surface area contributed by atoms with E-state index in [1.807, 2.05) is 6.07 Å². The summed E-state index contributed by atoms with van der Waals surface area (Å²) < 4.78 is 23.6. The Hall–Kier alpha value is -1.34. The van der Waals surface area contributed by atoms with Gasteiger partial charge in [-0.1, -0.05) is 18.2 Å². The summed E-state index contributed by atoms with van der Waals surface area (Å²) in [6, 6.07) is 10.3. The van der Waals surface area contributed by atoms with E-state index < -0.39 is 15.1 Å². The molecular weight excluding hydrogens is 198 g/mol. The number of rotatable bonds is 2. The summed E-state index contributed by atoms with van der Waals surface area (Å²) in [7, 11) is -3.25. The highest BCUT2D eigenvalue weighted by Crippen LogP contribution is 2.39. The van der Waals surface area contributed by atoms with Crippen molar-refractivity contribution in [1.82, 2.24) is 0 Å². The fourth-order valence-electron chi connectivity index (χ4n) is 1.44. The molecule has 1 aromatic carbocycles. The predicted molar refractivity (Wildman–Crippen MR) is 51.1 cm³/mol. The van der Waals surface area contributed by atoms with E-state index in [2.05, 4.69) is 0 Å². The summed E-state index contributed by atoms with van der Waals surface area (Å²) in [5.74, 6) is -0.305. The SMILES string of the molecule is N#C[C@H]1C[C@@H]1S(=O)(=O)c1ccccc1. The maximum Gasteiger partial charge on any atom is 0.182 e. The summed E-state index contributed by atoms with van der Waals surface area (Å²) in [4.78, 5) is 0.322. The van der Waals surface area contributed by atoms with E-state index in [1.54, 1.807) is 30.3 Å². The van der Waals surface area contributed by atoms with Crippen LogP contribution in [0.25, 0.3) is 0 Å². The molecule has 1 aliphatic carbocycles. The Morgan fingerprint density at radius 1 is 1.29 bits per heavy atom. The molecule has 3 nitrogen and oxygen atoms in total. The van der Waals surface area contributed by atoms with E-state index in [0.717, 1.165) is 0 Å². The van der Waals surface area contributed by atoms with Crippen molar-refractivity contribution in [3.63, 3.8) is 0 Å². The van der Waals surface area contributed by atoms with Crippen LogP contribution in [0, 0.1) is 17.2 Å². The molecule has 0 saturated heterocycles. The van der Waals surface area contributed by atoms with E-state index >= 15 is 0 Å². The lowest BCUT2D eigenvalue weighted by atomic mass is 10.4. The molecule has 0 unspecified atom stereocenters. The minimum atomic E-state index is -3.25. The first-order valence-electron chi connectivity index (χ1n) is 4.35. The Morgan fingerprint density at radius 2 is 1.93 bits per heavy atom. The van der Waals surface area contributed by atoms with Gasteiger partial charge in [0, 0.05) is 0 Å². The first-order chi connectivity index (χ1) is 6.66. The summed E-state index contributed by atoms with van der Waals surface area (Å²) in [5.41, 5.74) is 0. The van der Waals surface area contributed by atoms with Gasteiger partial charge < -0.3 is 0 Å². The van der Waals surface area contributed by atoms with Crippen molar-refractivity contribution in [2.75, 3.05) is 0 Å². The molecule has 2 atom stereocenters. The lowest BCUT2D eigenvalue weighted by Crippen LogP contribution is -2.08. The van der Waals surface area contributed by atoms with Gasteiger partial charge in [-0.15, -0.1) is 0 Å². The molecule has 0 spiro atoms. The van der Waals surface area contributed by atoms with Gasteiger partial charge in [0.1, 0.15) is 0 Å². The standard InChI is InChI=1S/C10H9NO2S/c11-7-8-6-10(8)14(12,13)9-4-2-1-3-5-9/h1-5,8,10H,6H2/t8-,10+/m1/s1. The second kappa shape index (κ2) is 3.10. The van der Waals surface area contributed by atoms with Gasteiger partial charge in [0.15, 0.2) is 9.84 Å². The molecule has 0 aliphatic heterocycles. The molecule has 4 heteroatoms. The molecule has 0 N–H and O–H groups in total. The Morgan fingerprint density at radius 3 is 2.43 bits per heavy atom. The van der Waals surface area contributed by atoms with Crippen LogP contribution in [0.3, 0.4) is 0 Å². The topological polar surface area (TPSA) is 57.9 Å². The van der Waals surface area contributed by atoms with Crippen molar-refractivity contribution in [2.45, 2.75) is 16.6 Å². The molecule has 0 bridgehead atoms. The summed E-state index contributed by atoms with van der Waals surface area (Å²) in [6.07, 6.45) is 0.480. The van der Waals surface area contributed by atoms with Crippen LogP contribution in [0.4, 0.5) is 0 Å². The van der Waals surface area contributed by atoms with E-state index in [-0.39, 0.29) is 5.92 Å². The van der Waals surface area contributed by atoms with E-state index in [1.165, 1.54) is 0 Å². The van der Waals surface area contributed by atoms with Gasteiger partial charge in [-0.25, -0.2) is 8.42 Å². The molecule has 1 saturated carbocycles. The molecule has 1 fully saturated rings. The summed E-state index contributed by atoms with van der Waals surface area (Å²) in [5, 5.41) is 8.10. The van der Waals surface area contributed by atoms with Crippen LogP contribution in [0.1, 0.15) is 6.42 Å². The van der Waals surface area contributed by atoms with Gasteiger partial charge in [-0.3, -0.25) is 0 Å². The van der Waals surface area contributed by atoms with Gasteiger partial charge in [-0.05, 0) is 18.6 Å². The highest BCUT2D eigenvalue weighted by atomic mass is 32.2. The van der Waals surface area contributed by atoms with Crippen molar-refractivity contribution in [3.8, 4) is 6.07 Å². The fraction of sp³-hybridized carbons (Fsp3) is 0.300. The van der Waals surface area contributed by atoms with Crippen LogP contribution in [0.2, 0.25) is 0 Å². The van der Waals surface area contributed by atoms with Crippen LogP contribution >= 0.6 is 0 Å². The molecule has 0 amide bonds. The number of hydrogen-bond donors (Lipinski definition) is 0. The zero-order valence-corrected chi connectivity index (χ0v) is 8.24. The normalized spacial score (nSPS) is 25.4. The van der Waals surface area contributed by atoms with Gasteiger partial charge >= 0.3 is 0 Å². The third-order valence-corrected chi connectivity index (χ3v) is 4.62. The van der Waals surface area contributed by atoms with Gasteiger partial charge in [-0.2, -0.15) is 5.26 Å². The van der Waals surface area contributed by atoms with Gasteiger partial charge in [0.05, 0.1) is 22.1 Å². The Balaban J connectivity index is 2.33. The van der Waals surface area contributed by atoms with Crippen LogP contribution in [-0.2, 0) is 9.84 Å². The van der Waals surface area contributed by atoms with Crippen LogP contribution in [0.5, 0.6) is 0 Å². The van der Waals surface area contributed by atoms with Crippen LogP contribution in [-0.4, -0.2) is 13.7 Å². The predicted octanol–water partition coefficient (Wildman–Crippen LogP) is 1.37. The van der Waals surface area contributed by atoms with Gasteiger partial charge in [0.25, 0.3) is 0 Å². The van der Waals surface area contributed by atoms with Crippen molar-refractivity contribution in [3.05, 3.63) is 30.3 Å². The zero-order valence-electron chi connectivity index (χ0n) is 7.42. The van der Waals surface area contributed by atoms with Gasteiger partial charge in [0.2, 0.25) is 0 Å². The number of sulfone groups is 1. The second-order valence-corrected chi connectivity index (χ2v) is 5.53. The molecular formula is C10H9NO2S. The average Bonchev–Trinajstić information content (AvgIpc) is 2.98. The summed E-state index contributed by atoms with van der Waals surface area (Å²) >= 11 is 0.